The summed E-state index contributed by atoms with van der Waals surface area (Å²) in [6.45, 7) is 0. The fourth-order valence-electron chi connectivity index (χ4n) is 4.59. The average molecular weight is 293 g/mol. The van der Waals surface area contributed by atoms with E-state index >= 15 is 0 Å². The molecule has 3 heteroatoms. The molecule has 0 N–H and O–H groups in total. The van der Waals surface area contributed by atoms with Gasteiger partial charge in [0.15, 0.2) is 0 Å². The summed E-state index contributed by atoms with van der Waals surface area (Å²) in [5, 5.41) is 13.9. The summed E-state index contributed by atoms with van der Waals surface area (Å²) in [5.74, 6) is 0.743. The Morgan fingerprint density at radius 1 is 0.909 bits per heavy atom. The summed E-state index contributed by atoms with van der Waals surface area (Å²) in [6, 6.07) is 6.00. The first-order valence-electron chi connectivity index (χ1n) is 8.89. The van der Waals surface area contributed by atoms with E-state index in [9.17, 15) is 5.11 Å². The fraction of sp³-hybridized carbons (Fsp3) is 0.737. The van der Waals surface area contributed by atoms with Crippen LogP contribution in [0.4, 0.5) is 0 Å². The standard InChI is InChI=1S/C19H28NO.Li/c21-19(16-9-3-1-4-10-16,17-11-5-2-6-12-17)15-18-13-7-8-14-20-18;/h7-8,13-14,16-17H,1-6,9-12,15H2;/q-1;+1. The molecule has 1 aromatic heterocycles. The second kappa shape index (κ2) is 8.53. The zero-order valence-corrected chi connectivity index (χ0v) is 14.1. The van der Waals surface area contributed by atoms with Crippen molar-refractivity contribution in [2.75, 3.05) is 0 Å². The van der Waals surface area contributed by atoms with Crippen molar-refractivity contribution in [3.63, 3.8) is 0 Å². The van der Waals surface area contributed by atoms with Crippen LogP contribution in [0.3, 0.4) is 0 Å². The molecule has 2 saturated carbocycles. The summed E-state index contributed by atoms with van der Waals surface area (Å²) >= 11 is 0. The molecule has 2 nitrogen and oxygen atoms in total. The Labute approximate surface area is 147 Å². The van der Waals surface area contributed by atoms with Gasteiger partial charge in [-0.3, -0.25) is 4.98 Å². The predicted octanol–water partition coefficient (Wildman–Crippen LogP) is 0.888. The van der Waals surface area contributed by atoms with E-state index in [-0.39, 0.29) is 18.9 Å². The predicted molar refractivity (Wildman–Crippen MR) is 83.8 cm³/mol. The fourth-order valence-corrected chi connectivity index (χ4v) is 4.59. The third-order valence-electron chi connectivity index (χ3n) is 5.78. The van der Waals surface area contributed by atoms with Crippen molar-refractivity contribution in [2.24, 2.45) is 11.8 Å². The van der Waals surface area contributed by atoms with Gasteiger partial charge in [-0.2, -0.15) is 0 Å². The van der Waals surface area contributed by atoms with Crippen LogP contribution >= 0.6 is 0 Å². The van der Waals surface area contributed by atoms with E-state index in [4.69, 9.17) is 0 Å². The van der Waals surface area contributed by atoms with Crippen LogP contribution in [0.25, 0.3) is 0 Å². The van der Waals surface area contributed by atoms with Crippen molar-refractivity contribution in [1.29, 1.82) is 0 Å². The topological polar surface area (TPSA) is 36.0 Å². The Hall–Kier alpha value is -0.293. The second-order valence-electron chi connectivity index (χ2n) is 7.12. The van der Waals surface area contributed by atoms with Gasteiger partial charge >= 0.3 is 18.9 Å². The Morgan fingerprint density at radius 2 is 1.45 bits per heavy atom. The number of rotatable bonds is 4. The average Bonchev–Trinajstić information content (AvgIpc) is 2.57. The number of aromatic nitrogens is 1. The summed E-state index contributed by atoms with van der Waals surface area (Å²) in [6.07, 6.45) is 14.7. The quantitative estimate of drug-likeness (QED) is 0.773. The van der Waals surface area contributed by atoms with E-state index in [0.29, 0.717) is 18.3 Å². The Morgan fingerprint density at radius 3 is 1.91 bits per heavy atom. The molecule has 0 aromatic carbocycles. The van der Waals surface area contributed by atoms with Gasteiger partial charge in [-0.05, 0) is 18.6 Å². The zero-order chi connectivity index (χ0) is 14.5. The summed E-state index contributed by atoms with van der Waals surface area (Å²) < 4.78 is 0. The minimum atomic E-state index is -0.769. The van der Waals surface area contributed by atoms with Crippen molar-refractivity contribution < 1.29 is 24.0 Å². The van der Waals surface area contributed by atoms with Gasteiger partial charge in [0.1, 0.15) is 0 Å². The first kappa shape index (κ1) is 18.1. The van der Waals surface area contributed by atoms with Crippen molar-refractivity contribution in [2.45, 2.75) is 76.2 Å². The molecular weight excluding hydrogens is 265 g/mol. The van der Waals surface area contributed by atoms with Crippen LogP contribution in [-0.2, 0) is 6.42 Å². The molecule has 0 radical (unpaired) electrons. The molecule has 0 saturated heterocycles. The molecule has 3 rings (SSSR count). The smallest absolute Gasteiger partial charge is 0.849 e. The second-order valence-corrected chi connectivity index (χ2v) is 7.12. The van der Waals surface area contributed by atoms with E-state index in [2.05, 4.69) is 4.98 Å². The Balaban J connectivity index is 0.00000176. The van der Waals surface area contributed by atoms with Gasteiger partial charge < -0.3 is 5.11 Å². The SMILES string of the molecule is [Li+].[O-]C(Cc1ccccn1)(C1CCCCC1)C1CCCCC1. The van der Waals surface area contributed by atoms with Gasteiger partial charge in [-0.1, -0.05) is 82.1 Å². The molecule has 2 aliphatic carbocycles. The minimum Gasteiger partial charge on any atom is -0.849 e. The van der Waals surface area contributed by atoms with Gasteiger partial charge in [-0.15, -0.1) is 5.60 Å². The molecule has 2 fully saturated rings. The molecule has 0 aliphatic heterocycles. The zero-order valence-electron chi connectivity index (χ0n) is 14.1. The normalized spacial score (nSPS) is 21.3. The van der Waals surface area contributed by atoms with E-state index in [1.54, 1.807) is 0 Å². The van der Waals surface area contributed by atoms with Gasteiger partial charge in [0.25, 0.3) is 0 Å². The maximum atomic E-state index is 13.9. The molecule has 0 bridgehead atoms. The molecule has 0 unspecified atom stereocenters. The van der Waals surface area contributed by atoms with Crippen LogP contribution in [0, 0.1) is 11.8 Å². The van der Waals surface area contributed by atoms with Crippen LogP contribution in [0.5, 0.6) is 0 Å². The van der Waals surface area contributed by atoms with E-state index in [0.717, 1.165) is 31.4 Å². The summed E-state index contributed by atoms with van der Waals surface area (Å²) in [7, 11) is 0. The maximum Gasteiger partial charge on any atom is 1.00 e. The first-order chi connectivity index (χ1) is 10.3. The molecular formula is C19H28LiNO. The third kappa shape index (κ3) is 4.16. The Kier molecular flexibility index (Phi) is 7.00. The first-order valence-corrected chi connectivity index (χ1v) is 8.89. The number of nitrogens with zero attached hydrogens (tertiary/aromatic N) is 1. The van der Waals surface area contributed by atoms with Crippen LogP contribution in [0.15, 0.2) is 24.4 Å². The monoisotopic (exact) mass is 293 g/mol. The molecule has 0 spiro atoms. The maximum absolute atomic E-state index is 13.9. The number of hydrogen-bond donors (Lipinski definition) is 0. The summed E-state index contributed by atoms with van der Waals surface area (Å²) in [5.41, 5.74) is 0.235. The molecule has 2 aliphatic rings. The van der Waals surface area contributed by atoms with Gasteiger partial charge in [0.05, 0.1) is 0 Å². The van der Waals surface area contributed by atoms with Crippen LogP contribution in [0.2, 0.25) is 0 Å². The van der Waals surface area contributed by atoms with E-state index in [1.165, 1.54) is 38.5 Å². The van der Waals surface area contributed by atoms with Crippen molar-refractivity contribution >= 4 is 0 Å². The Bertz CT molecular complexity index is 406. The van der Waals surface area contributed by atoms with Gasteiger partial charge in [-0.25, -0.2) is 0 Å². The largest absolute Gasteiger partial charge is 1.00 e. The van der Waals surface area contributed by atoms with Crippen molar-refractivity contribution in [1.82, 2.24) is 4.98 Å². The van der Waals surface area contributed by atoms with Crippen LogP contribution < -0.4 is 24.0 Å². The van der Waals surface area contributed by atoms with Crippen molar-refractivity contribution in [3.8, 4) is 0 Å². The van der Waals surface area contributed by atoms with Crippen LogP contribution in [-0.4, -0.2) is 10.6 Å². The summed E-state index contributed by atoms with van der Waals surface area (Å²) in [4.78, 5) is 4.45. The number of hydrogen-bond acceptors (Lipinski definition) is 2. The molecule has 0 atom stereocenters. The van der Waals surface area contributed by atoms with Crippen molar-refractivity contribution in [3.05, 3.63) is 30.1 Å². The molecule has 1 heterocycles. The molecule has 22 heavy (non-hydrogen) atoms. The van der Waals surface area contributed by atoms with Gasteiger partial charge in [0.2, 0.25) is 0 Å². The third-order valence-corrected chi connectivity index (χ3v) is 5.78. The van der Waals surface area contributed by atoms with E-state index < -0.39 is 5.60 Å². The molecule has 0 amide bonds. The molecule has 116 valence electrons. The van der Waals surface area contributed by atoms with E-state index in [1.807, 2.05) is 24.4 Å². The van der Waals surface area contributed by atoms with Crippen LogP contribution in [0.1, 0.15) is 69.9 Å². The minimum absolute atomic E-state index is 0. The number of pyridine rings is 1. The molecule has 1 aromatic rings. The van der Waals surface area contributed by atoms with Gasteiger partial charge in [0, 0.05) is 11.9 Å².